The number of carboxylic acids is 1. The van der Waals surface area contributed by atoms with Crippen molar-refractivity contribution in [3.05, 3.63) is 11.1 Å². The van der Waals surface area contributed by atoms with E-state index in [4.69, 9.17) is 4.74 Å². The van der Waals surface area contributed by atoms with Gasteiger partial charge in [0.1, 0.15) is 6.10 Å². The van der Waals surface area contributed by atoms with E-state index >= 15 is 0 Å². The van der Waals surface area contributed by atoms with Crippen LogP contribution in [0.4, 0.5) is 0 Å². The van der Waals surface area contributed by atoms with Gasteiger partial charge < -0.3 is 20.1 Å². The topological polar surface area (TPSA) is 95.9 Å². The lowest BCUT2D eigenvalue weighted by Gasteiger charge is -2.72. The molecular formula is C45H74N2O5. The van der Waals surface area contributed by atoms with Crippen molar-refractivity contribution in [2.75, 3.05) is 33.2 Å². The van der Waals surface area contributed by atoms with Crippen molar-refractivity contribution in [3.8, 4) is 0 Å². The van der Waals surface area contributed by atoms with Gasteiger partial charge in [0.2, 0.25) is 0 Å². The maximum Gasteiger partial charge on any atom is 0.309 e. The van der Waals surface area contributed by atoms with Gasteiger partial charge >= 0.3 is 11.9 Å². The maximum absolute atomic E-state index is 14.2. The predicted octanol–water partition coefficient (Wildman–Crippen LogP) is 9.09. The quantitative estimate of drug-likeness (QED) is 0.183. The lowest BCUT2D eigenvalue weighted by Crippen LogP contribution is -2.65. The number of carboxylic acid groups (broad SMARTS) is 1. The van der Waals surface area contributed by atoms with Crippen LogP contribution in [0.3, 0.4) is 0 Å². The van der Waals surface area contributed by atoms with Gasteiger partial charge in [-0.1, -0.05) is 60.5 Å². The minimum atomic E-state index is -1.14. The molecule has 0 spiro atoms. The summed E-state index contributed by atoms with van der Waals surface area (Å²) in [5, 5.41) is 13.0. The number of rotatable bonds is 13. The molecular weight excluding hydrogens is 649 g/mol. The van der Waals surface area contributed by atoms with Gasteiger partial charge in [0.15, 0.2) is 5.78 Å². The Morgan fingerprint density at radius 3 is 2.25 bits per heavy atom. The average molecular weight is 723 g/mol. The fraction of sp³-hybridized carbons (Fsp3) is 0.889. The number of hydrogen-bond donors (Lipinski definition) is 2. The van der Waals surface area contributed by atoms with Crippen molar-refractivity contribution in [1.29, 1.82) is 0 Å². The van der Waals surface area contributed by atoms with Crippen molar-refractivity contribution in [2.45, 2.75) is 158 Å². The molecule has 5 fully saturated rings. The Hall–Kier alpha value is -1.73. The van der Waals surface area contributed by atoms with Crippen molar-refractivity contribution < 1.29 is 24.2 Å². The van der Waals surface area contributed by atoms with Gasteiger partial charge in [-0.2, -0.15) is 0 Å². The average Bonchev–Trinajstić information content (AvgIpc) is 3.33. The normalized spacial score (nSPS) is 38.7. The van der Waals surface area contributed by atoms with Crippen LogP contribution in [0.2, 0.25) is 0 Å². The zero-order valence-corrected chi connectivity index (χ0v) is 34.7. The molecule has 6 aliphatic rings. The summed E-state index contributed by atoms with van der Waals surface area (Å²) in [5.41, 5.74) is 1.93. The van der Waals surface area contributed by atoms with E-state index in [2.05, 4.69) is 65.7 Å². The van der Waals surface area contributed by atoms with Gasteiger partial charge in [0.25, 0.3) is 0 Å². The second kappa shape index (κ2) is 14.1. The summed E-state index contributed by atoms with van der Waals surface area (Å²) >= 11 is 0. The van der Waals surface area contributed by atoms with Gasteiger partial charge in [-0.15, -0.1) is 0 Å². The van der Waals surface area contributed by atoms with Crippen LogP contribution >= 0.6 is 0 Å². The third kappa shape index (κ3) is 6.45. The number of carbonyl (C=O) groups is 3. The van der Waals surface area contributed by atoms with Crippen LogP contribution in [-0.2, 0) is 19.1 Å². The summed E-state index contributed by atoms with van der Waals surface area (Å²) in [5.74, 6) is 1.67. The Bertz CT molecular complexity index is 1430. The molecule has 0 radical (unpaired) electrons. The zero-order chi connectivity index (χ0) is 38.1. The number of allylic oxidation sites excluding steroid dienone is 2. The Kier molecular flexibility index (Phi) is 10.8. The Labute approximate surface area is 316 Å². The number of fused-ring (bicyclic) bond motifs is 7. The van der Waals surface area contributed by atoms with Crippen LogP contribution in [0.25, 0.3) is 0 Å². The van der Waals surface area contributed by atoms with Crippen molar-refractivity contribution in [3.63, 3.8) is 0 Å². The highest BCUT2D eigenvalue weighted by Crippen LogP contribution is 2.77. The summed E-state index contributed by atoms with van der Waals surface area (Å²) < 4.78 is 6.20. The molecule has 0 saturated heterocycles. The number of hydrogen-bond acceptors (Lipinski definition) is 6. The number of Topliss-reactive ketones (excluding diaryl/α,β-unsaturated/α-hetero) is 1. The first-order valence-corrected chi connectivity index (χ1v) is 21.3. The van der Waals surface area contributed by atoms with Crippen LogP contribution in [0, 0.1) is 62.1 Å². The fourth-order valence-corrected chi connectivity index (χ4v) is 13.9. The monoisotopic (exact) mass is 723 g/mol. The highest BCUT2D eigenvalue weighted by atomic mass is 16.5. The molecule has 2 N–H and O–H groups in total. The number of nitrogens with zero attached hydrogens (tertiary/aromatic N) is 1. The predicted molar refractivity (Wildman–Crippen MR) is 208 cm³/mol. The van der Waals surface area contributed by atoms with E-state index < -0.39 is 11.4 Å². The molecule has 6 rings (SSSR count). The molecule has 7 nitrogen and oxygen atoms in total. The first-order valence-electron chi connectivity index (χ1n) is 21.3. The third-order valence-electron chi connectivity index (χ3n) is 17.3. The summed E-state index contributed by atoms with van der Waals surface area (Å²) in [7, 11) is 2.06. The van der Waals surface area contributed by atoms with Crippen molar-refractivity contribution >= 4 is 17.7 Å². The smallest absolute Gasteiger partial charge is 0.309 e. The van der Waals surface area contributed by atoms with Crippen LogP contribution in [-0.4, -0.2) is 67.1 Å². The molecule has 52 heavy (non-hydrogen) atoms. The van der Waals surface area contributed by atoms with E-state index in [0.717, 1.165) is 64.1 Å². The Balaban J connectivity index is 1.25. The Morgan fingerprint density at radius 1 is 0.923 bits per heavy atom. The minimum absolute atomic E-state index is 0.0157. The maximum atomic E-state index is 14.2. The van der Waals surface area contributed by atoms with E-state index in [9.17, 15) is 19.5 Å². The van der Waals surface area contributed by atoms with E-state index in [1.54, 1.807) is 19.4 Å². The molecule has 0 bridgehead atoms. The number of likely N-dealkylation sites (N-methyl/N-ethyl adjacent to an activating group) is 1. The second-order valence-corrected chi connectivity index (χ2v) is 21.1. The Morgan fingerprint density at radius 2 is 1.63 bits per heavy atom. The van der Waals surface area contributed by atoms with Crippen LogP contribution in [0.15, 0.2) is 11.1 Å². The zero-order valence-electron chi connectivity index (χ0n) is 34.7. The first kappa shape index (κ1) is 39.9. The van der Waals surface area contributed by atoms with Crippen molar-refractivity contribution in [2.24, 2.45) is 62.1 Å². The number of nitrogens with one attached hydrogen (secondary N) is 1. The minimum Gasteiger partial charge on any atom is -0.481 e. The molecule has 0 amide bonds. The van der Waals surface area contributed by atoms with Gasteiger partial charge in [-0.3, -0.25) is 14.4 Å². The number of ketones is 1. The van der Waals surface area contributed by atoms with E-state index in [-0.39, 0.29) is 51.5 Å². The molecule has 5 saturated carbocycles. The number of esters is 1. The number of aliphatic carboxylic acids is 1. The molecule has 7 heteroatoms. The lowest BCUT2D eigenvalue weighted by molar-refractivity contribution is -0.233. The molecule has 294 valence electrons. The standard InChI is InChI=1S/C45H74N2O5/c1-29(2)37-32(48)26-45(22-24-47(25-23-46-10)28-30-12-11-13-30)21-20-43(8)31(38(37)45)14-15-34-42(7)18-17-35(52-36(49)27-40(3,4)39(50)51)41(5,6)33(42)16-19-44(34,43)9/h29-31,33-35,46H,11-28H2,1-10H3,(H,50,51)/t31-,33?,34?,35+,42+,43-,44-,45-/m1/s1. The molecule has 0 aromatic rings. The summed E-state index contributed by atoms with van der Waals surface area (Å²) in [6.07, 6.45) is 14.5. The van der Waals surface area contributed by atoms with Crippen LogP contribution in [0.5, 0.6) is 0 Å². The number of ether oxygens (including phenoxy) is 1. The molecule has 0 aliphatic heterocycles. The molecule has 0 aromatic carbocycles. The van der Waals surface area contributed by atoms with Gasteiger partial charge in [0, 0.05) is 36.9 Å². The highest BCUT2D eigenvalue weighted by molar-refractivity contribution is 6.00. The molecule has 8 atom stereocenters. The van der Waals surface area contributed by atoms with Crippen LogP contribution < -0.4 is 5.32 Å². The van der Waals surface area contributed by atoms with Gasteiger partial charge in [-0.25, -0.2) is 0 Å². The van der Waals surface area contributed by atoms with E-state index in [1.165, 1.54) is 57.1 Å². The van der Waals surface area contributed by atoms with E-state index in [1.807, 2.05) is 0 Å². The first-order chi connectivity index (χ1) is 24.3. The molecule has 0 aromatic heterocycles. The second-order valence-electron chi connectivity index (χ2n) is 21.1. The van der Waals surface area contributed by atoms with Gasteiger partial charge in [-0.05, 0) is 149 Å². The van der Waals surface area contributed by atoms with Crippen LogP contribution in [0.1, 0.15) is 152 Å². The number of carbonyl (C=O) groups excluding carboxylic acids is 2. The lowest BCUT2D eigenvalue weighted by atomic mass is 9.33. The summed E-state index contributed by atoms with van der Waals surface area (Å²) in [6.45, 7) is 24.6. The fourth-order valence-electron chi connectivity index (χ4n) is 13.9. The summed E-state index contributed by atoms with van der Waals surface area (Å²) in [6, 6.07) is 0. The largest absolute Gasteiger partial charge is 0.481 e. The third-order valence-corrected chi connectivity index (χ3v) is 17.3. The molecule has 0 heterocycles. The van der Waals surface area contributed by atoms with E-state index in [0.29, 0.717) is 23.5 Å². The van der Waals surface area contributed by atoms with Crippen molar-refractivity contribution in [1.82, 2.24) is 10.2 Å². The SMILES string of the molecule is CNCCN(CC[C@@]12CC[C@]3(C)[C@H](CCC4[C@@]5(C)CC[C@H](OC(=O)CC(C)(C)C(=O)O)C(C)(C)C5CC[C@]43C)C1=C(C(C)C)C(=O)C2)CC1CCC1. The van der Waals surface area contributed by atoms with Gasteiger partial charge in [0.05, 0.1) is 11.8 Å². The molecule has 2 unspecified atom stereocenters. The molecule has 6 aliphatic carbocycles. The summed E-state index contributed by atoms with van der Waals surface area (Å²) in [4.78, 5) is 41.8. The highest BCUT2D eigenvalue weighted by Gasteiger charge is 2.70.